The van der Waals surface area contributed by atoms with Crippen LogP contribution in [0.15, 0.2) is 6.07 Å². The number of amides is 1. The standard InChI is InChI=1S/C12H19N3O2/c1-4-14-11(8-10(13-14)9(2)3)12(16)15-6-5-7-17-15/h8-9H,4-7H2,1-3H3. The van der Waals surface area contributed by atoms with Gasteiger partial charge in [0.05, 0.1) is 18.8 Å². The molecule has 0 aliphatic carbocycles. The van der Waals surface area contributed by atoms with E-state index in [1.54, 1.807) is 4.68 Å². The Bertz CT molecular complexity index is 406. The van der Waals surface area contributed by atoms with Gasteiger partial charge in [0.25, 0.3) is 5.91 Å². The summed E-state index contributed by atoms with van der Waals surface area (Å²) in [4.78, 5) is 17.5. The summed E-state index contributed by atoms with van der Waals surface area (Å²) in [6.45, 7) is 8.13. The zero-order valence-electron chi connectivity index (χ0n) is 10.6. The van der Waals surface area contributed by atoms with E-state index in [4.69, 9.17) is 4.84 Å². The third-order valence-corrected chi connectivity index (χ3v) is 2.89. The largest absolute Gasteiger partial charge is 0.295 e. The highest BCUT2D eigenvalue weighted by Gasteiger charge is 2.25. The van der Waals surface area contributed by atoms with Crippen LogP contribution in [0.4, 0.5) is 0 Å². The van der Waals surface area contributed by atoms with Crippen molar-refractivity contribution in [3.05, 3.63) is 17.5 Å². The summed E-state index contributed by atoms with van der Waals surface area (Å²) >= 11 is 0. The van der Waals surface area contributed by atoms with E-state index in [1.165, 1.54) is 5.06 Å². The maximum atomic E-state index is 12.2. The molecule has 1 aromatic heterocycles. The van der Waals surface area contributed by atoms with Gasteiger partial charge in [0.2, 0.25) is 0 Å². The molecule has 0 bridgehead atoms. The van der Waals surface area contributed by atoms with Crippen LogP contribution in [0.1, 0.15) is 49.3 Å². The van der Waals surface area contributed by atoms with Crippen molar-refractivity contribution in [2.75, 3.05) is 13.2 Å². The molecule has 0 N–H and O–H groups in total. The van der Waals surface area contributed by atoms with E-state index in [0.717, 1.165) is 12.1 Å². The Labute approximate surface area is 101 Å². The van der Waals surface area contributed by atoms with Gasteiger partial charge in [-0.1, -0.05) is 13.8 Å². The first-order chi connectivity index (χ1) is 8.13. The lowest BCUT2D eigenvalue weighted by Gasteiger charge is -2.13. The van der Waals surface area contributed by atoms with Gasteiger partial charge in [0.15, 0.2) is 0 Å². The van der Waals surface area contributed by atoms with Crippen LogP contribution in [0.5, 0.6) is 0 Å². The summed E-state index contributed by atoms with van der Waals surface area (Å²) < 4.78 is 1.75. The summed E-state index contributed by atoms with van der Waals surface area (Å²) in [5, 5.41) is 5.87. The first-order valence-electron chi connectivity index (χ1n) is 6.16. The van der Waals surface area contributed by atoms with E-state index >= 15 is 0 Å². The van der Waals surface area contributed by atoms with Gasteiger partial charge in [-0.15, -0.1) is 0 Å². The summed E-state index contributed by atoms with van der Waals surface area (Å²) in [6, 6.07) is 1.87. The number of hydrogen-bond acceptors (Lipinski definition) is 3. The van der Waals surface area contributed by atoms with E-state index in [0.29, 0.717) is 31.3 Å². The van der Waals surface area contributed by atoms with Gasteiger partial charge in [-0.3, -0.25) is 14.3 Å². The number of carbonyl (C=O) groups is 1. The van der Waals surface area contributed by atoms with Crippen molar-refractivity contribution in [1.82, 2.24) is 14.8 Å². The third kappa shape index (κ3) is 2.34. The Kier molecular flexibility index (Phi) is 3.47. The number of rotatable bonds is 3. The third-order valence-electron chi connectivity index (χ3n) is 2.89. The lowest BCUT2D eigenvalue weighted by Crippen LogP contribution is -2.28. The minimum Gasteiger partial charge on any atom is -0.271 e. The van der Waals surface area contributed by atoms with Gasteiger partial charge < -0.3 is 0 Å². The topological polar surface area (TPSA) is 47.4 Å². The second-order valence-corrected chi connectivity index (χ2v) is 4.52. The Balaban J connectivity index is 2.26. The summed E-state index contributed by atoms with van der Waals surface area (Å²) in [5.41, 5.74) is 1.58. The number of aryl methyl sites for hydroxylation is 1. The number of nitrogens with zero attached hydrogens (tertiary/aromatic N) is 3. The molecular formula is C12H19N3O2. The highest BCUT2D eigenvalue weighted by atomic mass is 16.7. The molecule has 0 saturated carbocycles. The van der Waals surface area contributed by atoms with E-state index in [2.05, 4.69) is 18.9 Å². The van der Waals surface area contributed by atoms with E-state index in [9.17, 15) is 4.79 Å². The van der Waals surface area contributed by atoms with Gasteiger partial charge in [-0.2, -0.15) is 5.10 Å². The van der Waals surface area contributed by atoms with Crippen LogP contribution >= 0.6 is 0 Å². The molecule has 2 heterocycles. The summed E-state index contributed by atoms with van der Waals surface area (Å²) in [5.74, 6) is 0.248. The fourth-order valence-corrected chi connectivity index (χ4v) is 1.87. The van der Waals surface area contributed by atoms with Crippen molar-refractivity contribution >= 4 is 5.91 Å². The molecule has 1 aliphatic heterocycles. The average molecular weight is 237 g/mol. The SMILES string of the molecule is CCn1nc(C(C)C)cc1C(=O)N1CCCO1. The van der Waals surface area contributed by atoms with Gasteiger partial charge >= 0.3 is 0 Å². The first kappa shape index (κ1) is 12.1. The van der Waals surface area contributed by atoms with E-state index in [-0.39, 0.29) is 5.91 Å². The molecule has 1 aliphatic rings. The quantitative estimate of drug-likeness (QED) is 0.805. The van der Waals surface area contributed by atoms with Gasteiger partial charge in [-0.25, -0.2) is 5.06 Å². The van der Waals surface area contributed by atoms with Crippen LogP contribution < -0.4 is 0 Å². The molecule has 1 saturated heterocycles. The summed E-state index contributed by atoms with van der Waals surface area (Å²) in [7, 11) is 0. The zero-order valence-corrected chi connectivity index (χ0v) is 10.6. The number of aromatic nitrogens is 2. The van der Waals surface area contributed by atoms with Crippen LogP contribution in [0.2, 0.25) is 0 Å². The molecule has 94 valence electrons. The molecule has 5 nitrogen and oxygen atoms in total. The molecule has 0 radical (unpaired) electrons. The maximum Gasteiger partial charge on any atom is 0.295 e. The molecule has 0 atom stereocenters. The molecule has 1 amide bonds. The first-order valence-corrected chi connectivity index (χ1v) is 6.16. The minimum absolute atomic E-state index is 0.0799. The van der Waals surface area contributed by atoms with Gasteiger partial charge in [0, 0.05) is 6.54 Å². The lowest BCUT2D eigenvalue weighted by molar-refractivity contribution is -0.0775. The average Bonchev–Trinajstić information content (AvgIpc) is 2.97. The molecule has 2 rings (SSSR count). The molecule has 0 unspecified atom stereocenters. The molecule has 5 heteroatoms. The number of carbonyl (C=O) groups excluding carboxylic acids is 1. The summed E-state index contributed by atoms with van der Waals surface area (Å²) in [6.07, 6.45) is 0.906. The zero-order chi connectivity index (χ0) is 12.4. The molecule has 0 spiro atoms. The predicted octanol–water partition coefficient (Wildman–Crippen LogP) is 1.80. The van der Waals surface area contributed by atoms with Crippen LogP contribution in [0, 0.1) is 0 Å². The predicted molar refractivity (Wildman–Crippen MR) is 63.6 cm³/mol. The fraction of sp³-hybridized carbons (Fsp3) is 0.667. The Morgan fingerprint density at radius 1 is 1.59 bits per heavy atom. The Morgan fingerprint density at radius 3 is 2.88 bits per heavy atom. The van der Waals surface area contributed by atoms with E-state index in [1.807, 2.05) is 13.0 Å². The molecule has 1 aromatic rings. The highest BCUT2D eigenvalue weighted by Crippen LogP contribution is 2.17. The fourth-order valence-electron chi connectivity index (χ4n) is 1.87. The van der Waals surface area contributed by atoms with Crippen molar-refractivity contribution < 1.29 is 9.63 Å². The molecule has 0 aromatic carbocycles. The smallest absolute Gasteiger partial charge is 0.271 e. The van der Waals surface area contributed by atoms with Crippen LogP contribution in [-0.4, -0.2) is 33.9 Å². The molecule has 17 heavy (non-hydrogen) atoms. The second-order valence-electron chi connectivity index (χ2n) is 4.52. The Morgan fingerprint density at radius 2 is 2.35 bits per heavy atom. The van der Waals surface area contributed by atoms with Crippen LogP contribution in [0.3, 0.4) is 0 Å². The lowest BCUT2D eigenvalue weighted by atomic mass is 10.1. The van der Waals surface area contributed by atoms with Crippen molar-refractivity contribution in [1.29, 1.82) is 0 Å². The normalized spacial score (nSPS) is 15.9. The number of hydrogen-bond donors (Lipinski definition) is 0. The van der Waals surface area contributed by atoms with Crippen molar-refractivity contribution in [2.45, 2.75) is 39.7 Å². The number of hydroxylamine groups is 2. The van der Waals surface area contributed by atoms with E-state index < -0.39 is 0 Å². The highest BCUT2D eigenvalue weighted by molar-refractivity contribution is 5.92. The second kappa shape index (κ2) is 4.87. The van der Waals surface area contributed by atoms with Gasteiger partial charge in [0.1, 0.15) is 5.69 Å². The molecule has 1 fully saturated rings. The van der Waals surface area contributed by atoms with Crippen molar-refractivity contribution in [2.24, 2.45) is 0 Å². The molecular weight excluding hydrogens is 218 g/mol. The maximum absolute atomic E-state index is 12.2. The minimum atomic E-state index is -0.0799. The van der Waals surface area contributed by atoms with Crippen molar-refractivity contribution in [3.8, 4) is 0 Å². The monoisotopic (exact) mass is 237 g/mol. The van der Waals surface area contributed by atoms with Gasteiger partial charge in [-0.05, 0) is 25.3 Å². The van der Waals surface area contributed by atoms with Crippen molar-refractivity contribution in [3.63, 3.8) is 0 Å². The Hall–Kier alpha value is -1.36. The van der Waals surface area contributed by atoms with Crippen LogP contribution in [-0.2, 0) is 11.4 Å². The van der Waals surface area contributed by atoms with Crippen LogP contribution in [0.25, 0.3) is 0 Å².